The highest BCUT2D eigenvalue weighted by molar-refractivity contribution is 5.52. The Bertz CT molecular complexity index is 674. The maximum Gasteiger partial charge on any atom is 0.185 e. The molecule has 0 aromatic heterocycles. The van der Waals surface area contributed by atoms with Crippen LogP contribution in [0.3, 0.4) is 0 Å². The zero-order valence-electron chi connectivity index (χ0n) is 15.3. The Morgan fingerprint density at radius 3 is 2.38 bits per heavy atom. The minimum absolute atomic E-state index is 0.138. The van der Waals surface area contributed by atoms with Crippen molar-refractivity contribution in [2.45, 2.75) is 53.0 Å². The summed E-state index contributed by atoms with van der Waals surface area (Å²) in [5.74, 6) is 0.678. The zero-order chi connectivity index (χ0) is 17.5. The molecule has 2 rings (SSSR count). The molecule has 0 N–H and O–H groups in total. The lowest BCUT2D eigenvalue weighted by atomic mass is 9.97. The van der Waals surface area contributed by atoms with Crippen molar-refractivity contribution in [2.24, 2.45) is 5.92 Å². The Hall–Kier alpha value is -2.09. The van der Waals surface area contributed by atoms with Gasteiger partial charge in [-0.25, -0.2) is 4.74 Å². The van der Waals surface area contributed by atoms with Crippen LogP contribution in [0.25, 0.3) is 0 Å². The van der Waals surface area contributed by atoms with E-state index in [0.717, 1.165) is 29.6 Å². The van der Waals surface area contributed by atoms with Gasteiger partial charge in [0.15, 0.2) is 12.3 Å². The van der Waals surface area contributed by atoms with Gasteiger partial charge in [-0.3, -0.25) is 0 Å². The third-order valence-electron chi connectivity index (χ3n) is 4.44. The topological polar surface area (TPSA) is 26.1 Å². The van der Waals surface area contributed by atoms with Gasteiger partial charge in [0.05, 0.1) is 0 Å². The van der Waals surface area contributed by atoms with Crippen molar-refractivity contribution >= 4 is 6.21 Å². The van der Waals surface area contributed by atoms with Gasteiger partial charge in [-0.1, -0.05) is 62.4 Å². The molecule has 1 atom stereocenters. The third-order valence-corrected chi connectivity index (χ3v) is 4.44. The van der Waals surface area contributed by atoms with Crippen molar-refractivity contribution in [3.05, 3.63) is 76.0 Å². The van der Waals surface area contributed by atoms with Gasteiger partial charge in [-0.15, -0.1) is 0 Å². The molecular weight excluding hydrogens is 294 g/mol. The van der Waals surface area contributed by atoms with Crippen molar-refractivity contribution in [2.75, 3.05) is 0 Å². The second-order valence-corrected chi connectivity index (χ2v) is 7.03. The molecular formula is C22H29NO. The summed E-state index contributed by atoms with van der Waals surface area (Å²) in [6, 6.07) is 16.5. The number of hydrogen-bond donors (Lipinski definition) is 0. The average molecular weight is 323 g/mol. The summed E-state index contributed by atoms with van der Waals surface area (Å²) in [4.78, 5) is 0. The molecule has 0 bridgehead atoms. The summed E-state index contributed by atoms with van der Waals surface area (Å²) in [5, 5.41) is 12.3. The molecule has 0 spiro atoms. The molecule has 2 aromatic rings. The van der Waals surface area contributed by atoms with Gasteiger partial charge in [0, 0.05) is 18.9 Å². The largest absolute Gasteiger partial charge is 0.624 e. The number of rotatable bonds is 7. The Morgan fingerprint density at radius 2 is 1.75 bits per heavy atom. The standard InChI is InChI=1S/C22H29NO/c1-17(2)15-20-12-13-21(18(3)16-20)11-8-14-23(24)19(4)22-9-6-5-7-10-22/h5-7,9-10,12-14,16-17,19H,8,11,15H2,1-4H3/b23-14+. The van der Waals surface area contributed by atoms with E-state index in [4.69, 9.17) is 0 Å². The summed E-state index contributed by atoms with van der Waals surface area (Å²) in [6.45, 7) is 8.61. The van der Waals surface area contributed by atoms with Crippen LogP contribution in [0.1, 0.15) is 55.5 Å². The van der Waals surface area contributed by atoms with E-state index in [2.05, 4.69) is 39.0 Å². The number of benzene rings is 2. The summed E-state index contributed by atoms with van der Waals surface area (Å²) >= 11 is 0. The van der Waals surface area contributed by atoms with Crippen molar-refractivity contribution < 1.29 is 4.74 Å². The Kier molecular flexibility index (Phi) is 6.60. The minimum Gasteiger partial charge on any atom is -0.624 e. The molecule has 0 radical (unpaired) electrons. The summed E-state index contributed by atoms with van der Waals surface area (Å²) in [7, 11) is 0. The molecule has 2 nitrogen and oxygen atoms in total. The molecule has 0 aliphatic heterocycles. The smallest absolute Gasteiger partial charge is 0.185 e. The summed E-state index contributed by atoms with van der Waals surface area (Å²) < 4.78 is 1.08. The minimum atomic E-state index is -0.138. The van der Waals surface area contributed by atoms with E-state index in [1.807, 2.05) is 37.3 Å². The quantitative estimate of drug-likeness (QED) is 0.287. The lowest BCUT2D eigenvalue weighted by Gasteiger charge is -2.13. The first kappa shape index (κ1) is 18.3. The lowest BCUT2D eigenvalue weighted by molar-refractivity contribution is -0.499. The van der Waals surface area contributed by atoms with Gasteiger partial charge >= 0.3 is 0 Å². The Balaban J connectivity index is 1.95. The predicted molar refractivity (Wildman–Crippen MR) is 103 cm³/mol. The maximum atomic E-state index is 12.3. The van der Waals surface area contributed by atoms with E-state index in [1.165, 1.54) is 16.7 Å². The van der Waals surface area contributed by atoms with Crippen LogP contribution in [0.4, 0.5) is 0 Å². The van der Waals surface area contributed by atoms with Gasteiger partial charge in [0.25, 0.3) is 0 Å². The van der Waals surface area contributed by atoms with Crippen LogP contribution in [0.5, 0.6) is 0 Å². The molecule has 2 heteroatoms. The van der Waals surface area contributed by atoms with Gasteiger partial charge in [-0.2, -0.15) is 0 Å². The number of nitrogens with zero attached hydrogens (tertiary/aromatic N) is 1. The van der Waals surface area contributed by atoms with Gasteiger partial charge in [0.1, 0.15) is 0 Å². The zero-order valence-corrected chi connectivity index (χ0v) is 15.3. The van der Waals surface area contributed by atoms with E-state index in [0.29, 0.717) is 5.92 Å². The fraction of sp³-hybridized carbons (Fsp3) is 0.409. The molecule has 0 saturated carbocycles. The van der Waals surface area contributed by atoms with Gasteiger partial charge in [-0.05, 0) is 42.4 Å². The van der Waals surface area contributed by atoms with Gasteiger partial charge < -0.3 is 5.21 Å². The Morgan fingerprint density at radius 1 is 1.04 bits per heavy atom. The number of hydroxylamine groups is 1. The number of aryl methyl sites for hydroxylation is 2. The average Bonchev–Trinajstić information content (AvgIpc) is 2.56. The van der Waals surface area contributed by atoms with Crippen LogP contribution < -0.4 is 0 Å². The SMILES string of the molecule is Cc1cc(CC(C)C)ccc1CC/C=[N+](/[O-])C(C)c1ccccc1. The normalized spacial score (nSPS) is 13.3. The fourth-order valence-electron chi connectivity index (χ4n) is 3.02. The molecule has 0 heterocycles. The fourth-order valence-corrected chi connectivity index (χ4v) is 3.02. The molecule has 0 amide bonds. The van der Waals surface area contributed by atoms with E-state index in [9.17, 15) is 5.21 Å². The molecule has 0 aliphatic rings. The van der Waals surface area contributed by atoms with Crippen LogP contribution in [-0.4, -0.2) is 11.0 Å². The molecule has 0 aliphatic carbocycles. The molecule has 2 aromatic carbocycles. The second-order valence-electron chi connectivity index (χ2n) is 7.03. The van der Waals surface area contributed by atoms with E-state index < -0.39 is 0 Å². The first-order chi connectivity index (χ1) is 11.5. The van der Waals surface area contributed by atoms with E-state index >= 15 is 0 Å². The van der Waals surface area contributed by atoms with E-state index in [1.54, 1.807) is 6.21 Å². The third kappa shape index (κ3) is 5.23. The highest BCUT2D eigenvalue weighted by Crippen LogP contribution is 2.17. The van der Waals surface area contributed by atoms with Gasteiger partial charge in [0.2, 0.25) is 0 Å². The molecule has 0 saturated heterocycles. The molecule has 1 unspecified atom stereocenters. The molecule has 128 valence electrons. The second kappa shape index (κ2) is 8.68. The van der Waals surface area contributed by atoms with Crippen molar-refractivity contribution in [3.63, 3.8) is 0 Å². The monoisotopic (exact) mass is 323 g/mol. The van der Waals surface area contributed by atoms with Crippen LogP contribution in [0.15, 0.2) is 48.5 Å². The molecule has 24 heavy (non-hydrogen) atoms. The summed E-state index contributed by atoms with van der Waals surface area (Å²) in [6.07, 6.45) is 4.58. The van der Waals surface area contributed by atoms with Crippen molar-refractivity contribution in [3.8, 4) is 0 Å². The first-order valence-corrected chi connectivity index (χ1v) is 8.89. The van der Waals surface area contributed by atoms with Crippen LogP contribution in [-0.2, 0) is 12.8 Å². The first-order valence-electron chi connectivity index (χ1n) is 8.89. The molecule has 0 fully saturated rings. The highest BCUT2D eigenvalue weighted by Gasteiger charge is 2.11. The highest BCUT2D eigenvalue weighted by atomic mass is 16.5. The Labute approximate surface area is 146 Å². The maximum absolute atomic E-state index is 12.3. The van der Waals surface area contributed by atoms with Crippen LogP contribution in [0, 0.1) is 18.0 Å². The van der Waals surface area contributed by atoms with Crippen LogP contribution >= 0.6 is 0 Å². The summed E-state index contributed by atoms with van der Waals surface area (Å²) in [5.41, 5.74) is 5.12. The van der Waals surface area contributed by atoms with Crippen molar-refractivity contribution in [1.29, 1.82) is 0 Å². The predicted octanol–water partition coefficient (Wildman–Crippen LogP) is 5.47. The van der Waals surface area contributed by atoms with E-state index in [-0.39, 0.29) is 6.04 Å². The lowest BCUT2D eigenvalue weighted by Crippen LogP contribution is -2.11. The van der Waals surface area contributed by atoms with Crippen molar-refractivity contribution in [1.82, 2.24) is 0 Å². The van der Waals surface area contributed by atoms with Crippen LogP contribution in [0.2, 0.25) is 0 Å². The number of hydrogen-bond acceptors (Lipinski definition) is 1.